The van der Waals surface area contributed by atoms with E-state index >= 15 is 0 Å². The van der Waals surface area contributed by atoms with Crippen LogP contribution in [0.4, 0.5) is 0 Å². The van der Waals surface area contributed by atoms with Gasteiger partial charge in [-0.25, -0.2) is 4.98 Å². The number of carbonyl (C=O) groups is 1. The molecule has 0 spiro atoms. The van der Waals surface area contributed by atoms with Crippen LogP contribution in [0.25, 0.3) is 11.1 Å². The molecular weight excluding hydrogens is 230 g/mol. The van der Waals surface area contributed by atoms with Crippen molar-refractivity contribution in [2.45, 2.75) is 25.7 Å². The van der Waals surface area contributed by atoms with Crippen molar-refractivity contribution >= 4 is 17.1 Å². The van der Waals surface area contributed by atoms with Gasteiger partial charge in [0.25, 0.3) is 0 Å². The second-order valence-corrected chi connectivity index (χ2v) is 4.96. The molecule has 0 N–H and O–H groups in total. The fourth-order valence-electron chi connectivity index (χ4n) is 2.67. The van der Waals surface area contributed by atoms with E-state index in [4.69, 9.17) is 9.15 Å². The summed E-state index contributed by atoms with van der Waals surface area (Å²) < 4.78 is 10.2. The van der Waals surface area contributed by atoms with Gasteiger partial charge in [0.05, 0.1) is 12.5 Å². The van der Waals surface area contributed by atoms with Crippen molar-refractivity contribution in [1.29, 1.82) is 0 Å². The smallest absolute Gasteiger partial charge is 0.312 e. The summed E-state index contributed by atoms with van der Waals surface area (Å²) >= 11 is 0. The quantitative estimate of drug-likeness (QED) is 0.780. The van der Waals surface area contributed by atoms with Gasteiger partial charge in [0.2, 0.25) is 0 Å². The predicted molar refractivity (Wildman–Crippen MR) is 66.0 cm³/mol. The van der Waals surface area contributed by atoms with Gasteiger partial charge >= 0.3 is 5.97 Å². The summed E-state index contributed by atoms with van der Waals surface area (Å²) in [4.78, 5) is 16.0. The molecule has 1 fully saturated rings. The Morgan fingerprint density at radius 2 is 2.33 bits per heavy atom. The standard InChI is InChI=1S/C14H15NO3/c1-17-13(16)14(5-2-6-14)8-10-3-4-11-12(7-10)18-9-15-11/h3-4,7,9H,2,5-6,8H2,1H3. The van der Waals surface area contributed by atoms with E-state index < -0.39 is 0 Å². The Kier molecular flexibility index (Phi) is 2.58. The number of oxazole rings is 1. The van der Waals surface area contributed by atoms with E-state index in [1.165, 1.54) is 13.5 Å². The number of esters is 1. The minimum atomic E-state index is -0.317. The Hall–Kier alpha value is -1.84. The number of hydrogen-bond acceptors (Lipinski definition) is 4. The summed E-state index contributed by atoms with van der Waals surface area (Å²) in [5, 5.41) is 0. The van der Waals surface area contributed by atoms with Crippen LogP contribution < -0.4 is 0 Å². The molecule has 1 aromatic heterocycles. The number of benzene rings is 1. The van der Waals surface area contributed by atoms with E-state index in [2.05, 4.69) is 4.98 Å². The molecule has 0 aliphatic heterocycles. The van der Waals surface area contributed by atoms with Crippen LogP contribution in [-0.4, -0.2) is 18.1 Å². The third-order valence-electron chi connectivity index (χ3n) is 3.87. The molecule has 2 aromatic rings. The Bertz CT molecular complexity index is 583. The zero-order valence-corrected chi connectivity index (χ0v) is 10.3. The molecule has 94 valence electrons. The van der Waals surface area contributed by atoms with Crippen molar-refractivity contribution in [2.24, 2.45) is 5.41 Å². The Morgan fingerprint density at radius 3 is 3.00 bits per heavy atom. The topological polar surface area (TPSA) is 52.3 Å². The highest BCUT2D eigenvalue weighted by molar-refractivity contribution is 5.79. The van der Waals surface area contributed by atoms with Gasteiger partial charge in [-0.3, -0.25) is 4.79 Å². The van der Waals surface area contributed by atoms with Crippen LogP contribution in [0.1, 0.15) is 24.8 Å². The molecule has 1 saturated carbocycles. The average molecular weight is 245 g/mol. The zero-order chi connectivity index (χ0) is 12.6. The predicted octanol–water partition coefficient (Wildman–Crippen LogP) is 2.71. The van der Waals surface area contributed by atoms with Crippen molar-refractivity contribution < 1.29 is 13.9 Å². The second-order valence-electron chi connectivity index (χ2n) is 4.96. The largest absolute Gasteiger partial charge is 0.469 e. The molecule has 1 aliphatic rings. The molecule has 1 heterocycles. The number of carbonyl (C=O) groups excluding carboxylic acids is 1. The normalized spacial score (nSPS) is 17.4. The Morgan fingerprint density at radius 1 is 1.50 bits per heavy atom. The SMILES string of the molecule is COC(=O)C1(Cc2ccc3ncoc3c2)CCC1. The van der Waals surface area contributed by atoms with E-state index in [0.717, 1.165) is 42.3 Å². The van der Waals surface area contributed by atoms with Gasteiger partial charge in [-0.1, -0.05) is 12.5 Å². The molecule has 1 aliphatic carbocycles. The first-order valence-electron chi connectivity index (χ1n) is 6.14. The fourth-order valence-corrected chi connectivity index (χ4v) is 2.67. The lowest BCUT2D eigenvalue weighted by molar-refractivity contribution is -0.158. The zero-order valence-electron chi connectivity index (χ0n) is 10.3. The summed E-state index contributed by atoms with van der Waals surface area (Å²) in [6.07, 6.45) is 5.08. The van der Waals surface area contributed by atoms with Crippen LogP contribution in [0.2, 0.25) is 0 Å². The lowest BCUT2D eigenvalue weighted by atomic mass is 9.65. The van der Waals surface area contributed by atoms with E-state index in [1.54, 1.807) is 0 Å². The van der Waals surface area contributed by atoms with Crippen LogP contribution >= 0.6 is 0 Å². The van der Waals surface area contributed by atoms with Gasteiger partial charge in [-0.2, -0.15) is 0 Å². The van der Waals surface area contributed by atoms with Crippen molar-refractivity contribution in [2.75, 3.05) is 7.11 Å². The molecule has 0 atom stereocenters. The summed E-state index contributed by atoms with van der Waals surface area (Å²) in [7, 11) is 1.46. The highest BCUT2D eigenvalue weighted by Crippen LogP contribution is 2.44. The van der Waals surface area contributed by atoms with Crippen LogP contribution in [0.15, 0.2) is 29.0 Å². The molecule has 1 aromatic carbocycles. The third kappa shape index (κ3) is 1.68. The van der Waals surface area contributed by atoms with Crippen LogP contribution in [0.3, 0.4) is 0 Å². The fraction of sp³-hybridized carbons (Fsp3) is 0.429. The maximum atomic E-state index is 11.9. The van der Waals surface area contributed by atoms with Gasteiger partial charge in [-0.15, -0.1) is 0 Å². The van der Waals surface area contributed by atoms with Crippen LogP contribution in [0.5, 0.6) is 0 Å². The highest BCUT2D eigenvalue weighted by atomic mass is 16.5. The first-order chi connectivity index (χ1) is 8.73. The van der Waals surface area contributed by atoms with Crippen molar-refractivity contribution in [1.82, 2.24) is 4.98 Å². The lowest BCUT2D eigenvalue weighted by Gasteiger charge is -2.38. The summed E-state index contributed by atoms with van der Waals surface area (Å²) in [6, 6.07) is 5.90. The first kappa shape index (κ1) is 11.3. The first-order valence-corrected chi connectivity index (χ1v) is 6.14. The number of nitrogens with zero attached hydrogens (tertiary/aromatic N) is 1. The lowest BCUT2D eigenvalue weighted by Crippen LogP contribution is -2.40. The number of ether oxygens (including phenoxy) is 1. The van der Waals surface area contributed by atoms with Crippen LogP contribution in [-0.2, 0) is 16.0 Å². The summed E-state index contributed by atoms with van der Waals surface area (Å²) in [5.74, 6) is -0.0913. The van der Waals surface area contributed by atoms with Gasteiger partial charge in [0.1, 0.15) is 5.52 Å². The third-order valence-corrected chi connectivity index (χ3v) is 3.87. The molecule has 0 radical (unpaired) electrons. The van der Waals surface area contributed by atoms with Crippen molar-refractivity contribution in [3.8, 4) is 0 Å². The minimum Gasteiger partial charge on any atom is -0.469 e. The van der Waals surface area contributed by atoms with Gasteiger partial charge < -0.3 is 9.15 Å². The molecule has 0 bridgehead atoms. The summed E-state index contributed by atoms with van der Waals surface area (Å²) in [6.45, 7) is 0. The number of rotatable bonds is 3. The van der Waals surface area contributed by atoms with E-state index in [9.17, 15) is 4.79 Å². The number of methoxy groups -OCH3 is 1. The molecule has 0 unspecified atom stereocenters. The number of aromatic nitrogens is 1. The molecule has 4 nitrogen and oxygen atoms in total. The molecule has 0 amide bonds. The maximum Gasteiger partial charge on any atom is 0.312 e. The van der Waals surface area contributed by atoms with Crippen LogP contribution in [0, 0.1) is 5.41 Å². The van der Waals surface area contributed by atoms with Gasteiger partial charge in [-0.05, 0) is 37.0 Å². The Labute approximate surface area is 105 Å². The van der Waals surface area contributed by atoms with Gasteiger partial charge in [0.15, 0.2) is 12.0 Å². The van der Waals surface area contributed by atoms with Crippen molar-refractivity contribution in [3.63, 3.8) is 0 Å². The molecule has 3 rings (SSSR count). The number of hydrogen-bond donors (Lipinski definition) is 0. The van der Waals surface area contributed by atoms with E-state index in [-0.39, 0.29) is 11.4 Å². The van der Waals surface area contributed by atoms with E-state index in [1.807, 2.05) is 18.2 Å². The Balaban J connectivity index is 1.88. The minimum absolute atomic E-state index is 0.0913. The van der Waals surface area contributed by atoms with Crippen molar-refractivity contribution in [3.05, 3.63) is 30.2 Å². The monoisotopic (exact) mass is 245 g/mol. The molecule has 18 heavy (non-hydrogen) atoms. The van der Waals surface area contributed by atoms with E-state index in [0.29, 0.717) is 0 Å². The summed E-state index contributed by atoms with van der Waals surface area (Å²) in [5.41, 5.74) is 2.40. The molecular formula is C14H15NO3. The molecule has 4 heteroatoms. The number of fused-ring (bicyclic) bond motifs is 1. The highest BCUT2D eigenvalue weighted by Gasteiger charge is 2.45. The maximum absolute atomic E-state index is 11.9. The second kappa shape index (κ2) is 4.12. The molecule has 0 saturated heterocycles. The van der Waals surface area contributed by atoms with Gasteiger partial charge in [0, 0.05) is 0 Å². The average Bonchev–Trinajstić information content (AvgIpc) is 2.80.